The Morgan fingerprint density at radius 3 is 3.00 bits per heavy atom. The Bertz CT molecular complexity index is 322. The highest BCUT2D eigenvalue weighted by Gasteiger charge is 2.15. The van der Waals surface area contributed by atoms with E-state index in [-0.39, 0.29) is 5.91 Å². The van der Waals surface area contributed by atoms with E-state index in [1.807, 2.05) is 0 Å². The number of nitrogens with one attached hydrogen (secondary N) is 2. The molecule has 0 bridgehead atoms. The standard InChI is InChI=1S/C10H16N4OS/c15-9(6-16-10-11-7-12-14-10)13-8-4-2-1-3-5-8/h7-8H,1-6H2,(H,13,15)(H,11,12,14). The second-order valence-electron chi connectivity index (χ2n) is 3.98. The third-order valence-corrected chi connectivity index (χ3v) is 3.58. The average Bonchev–Trinajstić information content (AvgIpc) is 2.81. The molecule has 0 radical (unpaired) electrons. The Kier molecular flexibility index (Phi) is 4.21. The van der Waals surface area contributed by atoms with Crippen LogP contribution < -0.4 is 5.32 Å². The van der Waals surface area contributed by atoms with Crippen molar-refractivity contribution in [3.8, 4) is 0 Å². The number of thioether (sulfide) groups is 1. The van der Waals surface area contributed by atoms with Crippen molar-refractivity contribution in [3.63, 3.8) is 0 Å². The monoisotopic (exact) mass is 240 g/mol. The molecule has 1 heterocycles. The first kappa shape index (κ1) is 11.4. The Morgan fingerprint density at radius 1 is 1.50 bits per heavy atom. The fraction of sp³-hybridized carbons (Fsp3) is 0.700. The van der Waals surface area contributed by atoms with Crippen LogP contribution in [0.1, 0.15) is 32.1 Å². The van der Waals surface area contributed by atoms with Crippen LogP contribution >= 0.6 is 11.8 Å². The molecule has 1 aliphatic carbocycles. The van der Waals surface area contributed by atoms with Crippen LogP contribution in [0.5, 0.6) is 0 Å². The molecular weight excluding hydrogens is 224 g/mol. The molecule has 1 amide bonds. The Hall–Kier alpha value is -1.04. The summed E-state index contributed by atoms with van der Waals surface area (Å²) in [5.41, 5.74) is 0. The minimum absolute atomic E-state index is 0.0910. The van der Waals surface area contributed by atoms with Crippen molar-refractivity contribution < 1.29 is 4.79 Å². The van der Waals surface area contributed by atoms with Crippen LogP contribution in [0, 0.1) is 0 Å². The molecule has 2 rings (SSSR count). The highest BCUT2D eigenvalue weighted by molar-refractivity contribution is 7.99. The third kappa shape index (κ3) is 3.52. The van der Waals surface area contributed by atoms with Crippen LogP contribution in [0.4, 0.5) is 0 Å². The summed E-state index contributed by atoms with van der Waals surface area (Å²) in [5, 5.41) is 10.2. The van der Waals surface area contributed by atoms with Gasteiger partial charge in [-0.05, 0) is 12.8 Å². The van der Waals surface area contributed by atoms with Gasteiger partial charge in [0.1, 0.15) is 6.33 Å². The van der Waals surface area contributed by atoms with E-state index in [0.29, 0.717) is 17.0 Å². The minimum Gasteiger partial charge on any atom is -0.353 e. The van der Waals surface area contributed by atoms with Crippen LogP contribution in [-0.4, -0.2) is 32.9 Å². The molecule has 16 heavy (non-hydrogen) atoms. The Balaban J connectivity index is 1.67. The second kappa shape index (κ2) is 5.89. The Morgan fingerprint density at radius 2 is 2.31 bits per heavy atom. The van der Waals surface area contributed by atoms with Crippen LogP contribution in [0.25, 0.3) is 0 Å². The number of hydrogen-bond acceptors (Lipinski definition) is 4. The molecule has 0 aromatic carbocycles. The lowest BCUT2D eigenvalue weighted by molar-refractivity contribution is -0.119. The molecular formula is C10H16N4OS. The SMILES string of the molecule is O=C(CSc1ncn[nH]1)NC1CCCCC1. The van der Waals surface area contributed by atoms with E-state index in [0.717, 1.165) is 12.8 Å². The van der Waals surface area contributed by atoms with Gasteiger partial charge < -0.3 is 5.32 Å². The maximum absolute atomic E-state index is 11.6. The van der Waals surface area contributed by atoms with E-state index in [1.165, 1.54) is 37.4 Å². The molecule has 1 aromatic heterocycles. The largest absolute Gasteiger partial charge is 0.353 e. The number of nitrogens with zero attached hydrogens (tertiary/aromatic N) is 2. The normalized spacial score (nSPS) is 17.2. The number of aromatic nitrogens is 3. The van der Waals surface area contributed by atoms with E-state index in [4.69, 9.17) is 0 Å². The highest BCUT2D eigenvalue weighted by Crippen LogP contribution is 2.17. The molecule has 0 saturated heterocycles. The topological polar surface area (TPSA) is 70.7 Å². The quantitative estimate of drug-likeness (QED) is 0.779. The zero-order valence-corrected chi connectivity index (χ0v) is 9.92. The smallest absolute Gasteiger partial charge is 0.230 e. The molecule has 0 aliphatic heterocycles. The van der Waals surface area contributed by atoms with Crippen molar-refractivity contribution in [2.24, 2.45) is 0 Å². The fourth-order valence-electron chi connectivity index (χ4n) is 1.91. The number of rotatable bonds is 4. The molecule has 0 atom stereocenters. The van der Waals surface area contributed by atoms with Gasteiger partial charge in [0, 0.05) is 6.04 Å². The van der Waals surface area contributed by atoms with Gasteiger partial charge in [-0.1, -0.05) is 31.0 Å². The van der Waals surface area contributed by atoms with Crippen molar-refractivity contribution >= 4 is 17.7 Å². The molecule has 1 aromatic rings. The second-order valence-corrected chi connectivity index (χ2v) is 4.95. The van der Waals surface area contributed by atoms with Crippen LogP contribution in [-0.2, 0) is 4.79 Å². The number of aromatic amines is 1. The summed E-state index contributed by atoms with van der Waals surface area (Å²) in [7, 11) is 0. The molecule has 1 fully saturated rings. The summed E-state index contributed by atoms with van der Waals surface area (Å²) < 4.78 is 0. The molecule has 88 valence electrons. The van der Waals surface area contributed by atoms with Crippen LogP contribution in [0.2, 0.25) is 0 Å². The molecule has 0 spiro atoms. The van der Waals surface area contributed by atoms with Gasteiger partial charge in [-0.25, -0.2) is 4.98 Å². The molecule has 2 N–H and O–H groups in total. The van der Waals surface area contributed by atoms with Crippen molar-refractivity contribution in [2.45, 2.75) is 43.3 Å². The maximum Gasteiger partial charge on any atom is 0.230 e. The summed E-state index contributed by atoms with van der Waals surface area (Å²) in [6.45, 7) is 0. The van der Waals surface area contributed by atoms with Gasteiger partial charge in [-0.3, -0.25) is 9.89 Å². The predicted molar refractivity (Wildman–Crippen MR) is 62.1 cm³/mol. The van der Waals surface area contributed by atoms with Gasteiger partial charge in [-0.2, -0.15) is 5.10 Å². The van der Waals surface area contributed by atoms with Crippen LogP contribution in [0.15, 0.2) is 11.5 Å². The van der Waals surface area contributed by atoms with Crippen molar-refractivity contribution in [2.75, 3.05) is 5.75 Å². The summed E-state index contributed by atoms with van der Waals surface area (Å²) >= 11 is 1.38. The third-order valence-electron chi connectivity index (χ3n) is 2.70. The number of H-pyrrole nitrogens is 1. The van der Waals surface area contributed by atoms with Gasteiger partial charge in [0.2, 0.25) is 5.91 Å². The van der Waals surface area contributed by atoms with Gasteiger partial charge in [0.05, 0.1) is 5.75 Å². The van der Waals surface area contributed by atoms with Crippen LogP contribution in [0.3, 0.4) is 0 Å². The van der Waals surface area contributed by atoms with E-state index in [1.54, 1.807) is 0 Å². The fourth-order valence-corrected chi connectivity index (χ4v) is 2.50. The number of carbonyl (C=O) groups excluding carboxylic acids is 1. The summed E-state index contributed by atoms with van der Waals surface area (Å²) in [6.07, 6.45) is 7.47. The maximum atomic E-state index is 11.6. The van der Waals surface area contributed by atoms with Gasteiger partial charge in [0.15, 0.2) is 5.16 Å². The van der Waals surface area contributed by atoms with E-state index < -0.39 is 0 Å². The lowest BCUT2D eigenvalue weighted by atomic mass is 9.95. The van der Waals surface area contributed by atoms with Crippen molar-refractivity contribution in [3.05, 3.63) is 6.33 Å². The first-order chi connectivity index (χ1) is 7.84. The van der Waals surface area contributed by atoms with E-state index >= 15 is 0 Å². The summed E-state index contributed by atoms with van der Waals surface area (Å²) in [5.74, 6) is 0.499. The summed E-state index contributed by atoms with van der Waals surface area (Å²) in [6, 6.07) is 0.386. The van der Waals surface area contributed by atoms with Crippen molar-refractivity contribution in [1.82, 2.24) is 20.5 Å². The number of carbonyl (C=O) groups is 1. The molecule has 1 aliphatic rings. The van der Waals surface area contributed by atoms with E-state index in [9.17, 15) is 4.79 Å². The molecule has 1 saturated carbocycles. The first-order valence-electron chi connectivity index (χ1n) is 5.62. The number of amides is 1. The minimum atomic E-state index is 0.0910. The molecule has 0 unspecified atom stereocenters. The average molecular weight is 240 g/mol. The van der Waals surface area contributed by atoms with Gasteiger partial charge in [-0.15, -0.1) is 0 Å². The number of hydrogen-bond donors (Lipinski definition) is 2. The Labute approximate surface area is 98.8 Å². The molecule has 6 heteroatoms. The zero-order valence-electron chi connectivity index (χ0n) is 9.11. The highest BCUT2D eigenvalue weighted by atomic mass is 32.2. The van der Waals surface area contributed by atoms with E-state index in [2.05, 4.69) is 20.5 Å². The predicted octanol–water partition coefficient (Wildman–Crippen LogP) is 1.35. The first-order valence-corrected chi connectivity index (χ1v) is 6.60. The van der Waals surface area contributed by atoms with Gasteiger partial charge in [0.25, 0.3) is 0 Å². The summed E-state index contributed by atoms with van der Waals surface area (Å²) in [4.78, 5) is 15.6. The molecule has 5 nitrogen and oxygen atoms in total. The lowest BCUT2D eigenvalue weighted by Crippen LogP contribution is -2.37. The van der Waals surface area contributed by atoms with Gasteiger partial charge >= 0.3 is 0 Å². The lowest BCUT2D eigenvalue weighted by Gasteiger charge is -2.22. The van der Waals surface area contributed by atoms with Crippen molar-refractivity contribution in [1.29, 1.82) is 0 Å². The zero-order chi connectivity index (χ0) is 11.2.